The summed E-state index contributed by atoms with van der Waals surface area (Å²) in [5, 5.41) is 2.65. The van der Waals surface area contributed by atoms with Gasteiger partial charge in [0.25, 0.3) is 11.8 Å². The zero-order valence-electron chi connectivity index (χ0n) is 13.5. The molecule has 3 rings (SSSR count). The first-order valence-corrected chi connectivity index (χ1v) is 8.87. The molecule has 0 aliphatic carbocycles. The van der Waals surface area contributed by atoms with Crippen LogP contribution in [0.15, 0.2) is 48.0 Å². The molecule has 1 N–H and O–H groups in total. The normalized spacial score (nSPS) is 16.0. The molecule has 132 valence electrons. The van der Waals surface area contributed by atoms with Gasteiger partial charge in [0.1, 0.15) is 11.3 Å². The molecule has 2 aromatic carbocycles. The number of amides is 4. The second-order valence-corrected chi connectivity index (χ2v) is 6.93. The minimum absolute atomic E-state index is 0.138. The van der Waals surface area contributed by atoms with Gasteiger partial charge in [-0.05, 0) is 70.6 Å². The largest absolute Gasteiger partial charge is 0.496 e. The Bertz CT molecular complexity index is 941. The number of anilines is 1. The van der Waals surface area contributed by atoms with Gasteiger partial charge in [0, 0.05) is 5.02 Å². The van der Waals surface area contributed by atoms with Gasteiger partial charge >= 0.3 is 6.03 Å². The molecule has 1 fully saturated rings. The van der Waals surface area contributed by atoms with Crippen LogP contribution in [0.2, 0.25) is 5.02 Å². The number of hydrogen-bond acceptors (Lipinski definition) is 4. The summed E-state index contributed by atoms with van der Waals surface area (Å²) in [6.45, 7) is 0. The molecule has 0 spiro atoms. The standard InChI is InChI=1S/C18H12ClIN2O4/c1-26-15-7-2-10(9-14(15)20)8-13-16(23)21-18(25)22(17(13)24)12-5-3-11(19)4-6-12/h2-9H,1H3,(H,21,23,25)/b13-8+. The van der Waals surface area contributed by atoms with E-state index in [-0.39, 0.29) is 5.57 Å². The monoisotopic (exact) mass is 482 g/mol. The van der Waals surface area contributed by atoms with Crippen molar-refractivity contribution in [1.29, 1.82) is 0 Å². The fraction of sp³-hybridized carbons (Fsp3) is 0.0556. The van der Waals surface area contributed by atoms with Crippen molar-refractivity contribution in [3.63, 3.8) is 0 Å². The van der Waals surface area contributed by atoms with Gasteiger partial charge in [-0.25, -0.2) is 9.69 Å². The fourth-order valence-corrected chi connectivity index (χ4v) is 3.31. The van der Waals surface area contributed by atoms with Crippen LogP contribution in [-0.2, 0) is 9.59 Å². The number of barbiturate groups is 1. The molecular weight excluding hydrogens is 471 g/mol. The third kappa shape index (κ3) is 3.58. The number of ether oxygens (including phenoxy) is 1. The summed E-state index contributed by atoms with van der Waals surface area (Å²) in [5.41, 5.74) is 0.819. The van der Waals surface area contributed by atoms with Crippen LogP contribution < -0.4 is 15.0 Å². The minimum Gasteiger partial charge on any atom is -0.496 e. The van der Waals surface area contributed by atoms with Crippen LogP contribution in [-0.4, -0.2) is 25.0 Å². The number of hydrogen-bond donors (Lipinski definition) is 1. The van der Waals surface area contributed by atoms with Gasteiger partial charge in [-0.2, -0.15) is 0 Å². The number of carbonyl (C=O) groups excluding carboxylic acids is 3. The Labute approximate surface area is 167 Å². The predicted octanol–water partition coefficient (Wildman–Crippen LogP) is 3.62. The van der Waals surface area contributed by atoms with Crippen molar-refractivity contribution in [3.05, 3.63) is 62.2 Å². The maximum atomic E-state index is 12.8. The molecule has 0 radical (unpaired) electrons. The van der Waals surface area contributed by atoms with E-state index in [0.29, 0.717) is 22.0 Å². The fourth-order valence-electron chi connectivity index (χ4n) is 2.42. The van der Waals surface area contributed by atoms with Crippen molar-refractivity contribution in [2.45, 2.75) is 0 Å². The van der Waals surface area contributed by atoms with Crippen LogP contribution in [0.4, 0.5) is 10.5 Å². The molecule has 0 unspecified atom stereocenters. The summed E-state index contributed by atoms with van der Waals surface area (Å²) in [6, 6.07) is 10.6. The van der Waals surface area contributed by atoms with E-state index < -0.39 is 17.8 Å². The van der Waals surface area contributed by atoms with Crippen LogP contribution in [0.25, 0.3) is 6.08 Å². The molecule has 0 aromatic heterocycles. The first-order chi connectivity index (χ1) is 12.4. The van der Waals surface area contributed by atoms with Crippen molar-refractivity contribution >= 4 is 63.8 Å². The molecule has 8 heteroatoms. The minimum atomic E-state index is -0.802. The van der Waals surface area contributed by atoms with Crippen LogP contribution in [0.3, 0.4) is 0 Å². The molecule has 0 atom stereocenters. The van der Waals surface area contributed by atoms with Crippen molar-refractivity contribution in [2.75, 3.05) is 12.0 Å². The van der Waals surface area contributed by atoms with Crippen molar-refractivity contribution in [2.24, 2.45) is 0 Å². The number of carbonyl (C=O) groups is 3. The molecule has 1 heterocycles. The number of benzene rings is 2. The Hall–Kier alpha value is -2.39. The van der Waals surface area contributed by atoms with Crippen LogP contribution in [0, 0.1) is 3.57 Å². The zero-order valence-corrected chi connectivity index (χ0v) is 16.4. The van der Waals surface area contributed by atoms with Crippen LogP contribution >= 0.6 is 34.2 Å². The van der Waals surface area contributed by atoms with Gasteiger partial charge in [0.15, 0.2) is 0 Å². The van der Waals surface area contributed by atoms with E-state index in [4.69, 9.17) is 16.3 Å². The molecular formula is C18H12ClIN2O4. The van der Waals surface area contributed by atoms with E-state index in [1.54, 1.807) is 37.4 Å². The summed E-state index contributed by atoms with van der Waals surface area (Å²) >= 11 is 7.94. The van der Waals surface area contributed by atoms with Gasteiger partial charge < -0.3 is 4.74 Å². The van der Waals surface area contributed by atoms with Gasteiger partial charge in [0.2, 0.25) is 0 Å². The highest BCUT2D eigenvalue weighted by Gasteiger charge is 2.36. The molecule has 6 nitrogen and oxygen atoms in total. The van der Waals surface area contributed by atoms with Gasteiger partial charge in [0.05, 0.1) is 16.4 Å². The van der Waals surface area contributed by atoms with Gasteiger partial charge in [-0.3, -0.25) is 14.9 Å². The second kappa shape index (κ2) is 7.46. The molecule has 1 aliphatic heterocycles. The van der Waals surface area contributed by atoms with E-state index in [1.807, 2.05) is 0 Å². The second-order valence-electron chi connectivity index (χ2n) is 5.33. The molecule has 26 heavy (non-hydrogen) atoms. The highest BCUT2D eigenvalue weighted by atomic mass is 127. The van der Waals surface area contributed by atoms with E-state index in [2.05, 4.69) is 27.9 Å². The Morgan fingerprint density at radius 1 is 1.12 bits per heavy atom. The van der Waals surface area contributed by atoms with Crippen molar-refractivity contribution in [3.8, 4) is 5.75 Å². The van der Waals surface area contributed by atoms with Gasteiger partial charge in [-0.1, -0.05) is 17.7 Å². The molecule has 1 aliphatic rings. The number of nitrogens with one attached hydrogen (secondary N) is 1. The first-order valence-electron chi connectivity index (χ1n) is 7.41. The van der Waals surface area contributed by atoms with Gasteiger partial charge in [-0.15, -0.1) is 0 Å². The Morgan fingerprint density at radius 2 is 1.81 bits per heavy atom. The Balaban J connectivity index is 1.99. The summed E-state index contributed by atoms with van der Waals surface area (Å²) in [6.07, 6.45) is 1.44. The average Bonchev–Trinajstić information content (AvgIpc) is 2.60. The quantitative estimate of drug-likeness (QED) is 0.412. The highest BCUT2D eigenvalue weighted by Crippen LogP contribution is 2.26. The molecule has 1 saturated heterocycles. The maximum absolute atomic E-state index is 12.8. The lowest BCUT2D eigenvalue weighted by molar-refractivity contribution is -0.122. The average molecular weight is 483 g/mol. The molecule has 4 amide bonds. The SMILES string of the molecule is COc1ccc(/C=C2\C(=O)NC(=O)N(c3ccc(Cl)cc3)C2=O)cc1I. The summed E-state index contributed by atoms with van der Waals surface area (Å²) in [4.78, 5) is 38.0. The van der Waals surface area contributed by atoms with E-state index >= 15 is 0 Å². The maximum Gasteiger partial charge on any atom is 0.335 e. The van der Waals surface area contributed by atoms with E-state index in [9.17, 15) is 14.4 Å². The Kier molecular flexibility index (Phi) is 5.28. The molecule has 2 aromatic rings. The zero-order chi connectivity index (χ0) is 18.8. The Morgan fingerprint density at radius 3 is 2.42 bits per heavy atom. The smallest absolute Gasteiger partial charge is 0.335 e. The number of halogens is 2. The summed E-state index contributed by atoms with van der Waals surface area (Å²) < 4.78 is 6.02. The topological polar surface area (TPSA) is 75.7 Å². The van der Waals surface area contributed by atoms with Crippen molar-refractivity contribution < 1.29 is 19.1 Å². The lowest BCUT2D eigenvalue weighted by atomic mass is 10.1. The third-order valence-electron chi connectivity index (χ3n) is 3.67. The molecule has 0 bridgehead atoms. The summed E-state index contributed by atoms with van der Waals surface area (Å²) in [7, 11) is 1.56. The van der Waals surface area contributed by atoms with E-state index in [1.165, 1.54) is 18.2 Å². The first kappa shape index (κ1) is 18.4. The molecule has 0 saturated carbocycles. The van der Waals surface area contributed by atoms with Crippen LogP contribution in [0.5, 0.6) is 5.75 Å². The third-order valence-corrected chi connectivity index (χ3v) is 4.77. The number of imide groups is 2. The number of rotatable bonds is 3. The predicted molar refractivity (Wildman–Crippen MR) is 106 cm³/mol. The lowest BCUT2D eigenvalue weighted by Crippen LogP contribution is -2.54. The number of methoxy groups -OCH3 is 1. The number of nitrogens with zero attached hydrogens (tertiary/aromatic N) is 1. The van der Waals surface area contributed by atoms with Crippen molar-refractivity contribution in [1.82, 2.24) is 5.32 Å². The van der Waals surface area contributed by atoms with Crippen LogP contribution in [0.1, 0.15) is 5.56 Å². The summed E-state index contributed by atoms with van der Waals surface area (Å²) in [5.74, 6) is -0.756. The van der Waals surface area contributed by atoms with E-state index in [0.717, 1.165) is 8.47 Å². The number of urea groups is 1. The highest BCUT2D eigenvalue weighted by molar-refractivity contribution is 14.1. The lowest BCUT2D eigenvalue weighted by Gasteiger charge is -2.26.